The number of carboxylic acid groups (broad SMARTS) is 1. The van der Waals surface area contributed by atoms with E-state index in [1.807, 2.05) is 24.3 Å². The molecule has 1 aliphatic heterocycles. The molecule has 2 unspecified atom stereocenters. The number of aryl methyl sites for hydroxylation is 1. The van der Waals surface area contributed by atoms with Crippen LogP contribution < -0.4 is 5.32 Å². The molecule has 0 aromatic heterocycles. The highest BCUT2D eigenvalue weighted by atomic mass is 32.2. The van der Waals surface area contributed by atoms with Crippen LogP contribution >= 0.6 is 11.8 Å². The molecule has 0 fully saturated rings. The summed E-state index contributed by atoms with van der Waals surface area (Å²) < 4.78 is 0. The summed E-state index contributed by atoms with van der Waals surface area (Å²) >= 11 is 1.13. The van der Waals surface area contributed by atoms with E-state index in [2.05, 4.69) is 5.32 Å². The molecule has 1 heterocycles. The molecule has 0 saturated heterocycles. The van der Waals surface area contributed by atoms with Crippen molar-refractivity contribution in [3.8, 4) is 0 Å². The molecule has 0 saturated carbocycles. The van der Waals surface area contributed by atoms with Gasteiger partial charge in [0.05, 0.1) is 0 Å². The molecule has 2 rings (SSSR count). The molecule has 0 radical (unpaired) electrons. The van der Waals surface area contributed by atoms with Gasteiger partial charge in [0, 0.05) is 25.0 Å². The van der Waals surface area contributed by atoms with Crippen molar-refractivity contribution in [2.75, 3.05) is 5.75 Å². The Balaban J connectivity index is 2.19. The van der Waals surface area contributed by atoms with Gasteiger partial charge >= 0.3 is 5.97 Å². The van der Waals surface area contributed by atoms with Crippen LogP contribution in [0.1, 0.15) is 43.7 Å². The fourth-order valence-electron chi connectivity index (χ4n) is 3.10. The Morgan fingerprint density at radius 1 is 1.20 bits per heavy atom. The minimum atomic E-state index is -1.03. The second kappa shape index (κ2) is 9.61. The summed E-state index contributed by atoms with van der Waals surface area (Å²) in [6.07, 6.45) is 4.82. The minimum absolute atomic E-state index is 0.0253. The number of hydrogen-bond acceptors (Lipinski definition) is 4. The van der Waals surface area contributed by atoms with Crippen LogP contribution in [0, 0.1) is 5.92 Å². The van der Waals surface area contributed by atoms with E-state index in [-0.39, 0.29) is 23.4 Å². The molecule has 6 heteroatoms. The lowest BCUT2D eigenvalue weighted by molar-refractivity contribution is -0.142. The molecule has 2 N–H and O–H groups in total. The zero-order chi connectivity index (χ0) is 18.2. The molecular formula is C19H25NO4S. The van der Waals surface area contributed by atoms with Crippen LogP contribution in [0.25, 0.3) is 0 Å². The molecule has 1 aromatic carbocycles. The number of amides is 1. The Labute approximate surface area is 152 Å². The first-order valence-corrected chi connectivity index (χ1v) is 9.69. The monoisotopic (exact) mass is 363 g/mol. The van der Waals surface area contributed by atoms with Gasteiger partial charge in [-0.25, -0.2) is 4.79 Å². The van der Waals surface area contributed by atoms with Gasteiger partial charge in [-0.05, 0) is 30.4 Å². The summed E-state index contributed by atoms with van der Waals surface area (Å²) in [5.41, 5.74) is 2.14. The first kappa shape index (κ1) is 19.5. The van der Waals surface area contributed by atoms with Crippen LogP contribution in [0.4, 0.5) is 0 Å². The van der Waals surface area contributed by atoms with Crippen molar-refractivity contribution in [2.45, 2.75) is 51.5 Å². The lowest BCUT2D eigenvalue weighted by Gasteiger charge is -2.22. The molecule has 0 bridgehead atoms. The molecule has 0 spiro atoms. The Morgan fingerprint density at radius 2 is 1.92 bits per heavy atom. The number of thioether (sulfide) groups is 1. The number of fused-ring (bicyclic) bond motifs is 1. The predicted molar refractivity (Wildman–Crippen MR) is 98.5 cm³/mol. The van der Waals surface area contributed by atoms with Crippen LogP contribution in [0.15, 0.2) is 24.3 Å². The fraction of sp³-hybridized carbons (Fsp3) is 0.526. The zero-order valence-electron chi connectivity index (χ0n) is 14.5. The quantitative estimate of drug-likeness (QED) is 0.863. The number of aliphatic carboxylic acids is 1. The maximum atomic E-state index is 12.6. The second-order valence-corrected chi connectivity index (χ2v) is 7.67. The molecule has 0 aliphatic carbocycles. The summed E-state index contributed by atoms with van der Waals surface area (Å²) in [6, 6.07) is 6.89. The lowest BCUT2D eigenvalue weighted by Crippen LogP contribution is -2.45. The third-order valence-electron chi connectivity index (χ3n) is 4.51. The van der Waals surface area contributed by atoms with Gasteiger partial charge < -0.3 is 10.4 Å². The van der Waals surface area contributed by atoms with E-state index in [0.717, 1.165) is 48.6 Å². The lowest BCUT2D eigenvalue weighted by atomic mass is 9.93. The Kier molecular flexibility index (Phi) is 7.50. The number of nitrogens with one attached hydrogen (secondary N) is 1. The summed E-state index contributed by atoms with van der Waals surface area (Å²) in [6.45, 7) is 1.48. The molecule has 25 heavy (non-hydrogen) atoms. The largest absolute Gasteiger partial charge is 0.480 e. The van der Waals surface area contributed by atoms with Crippen molar-refractivity contribution in [3.05, 3.63) is 35.4 Å². The van der Waals surface area contributed by atoms with E-state index in [1.54, 1.807) is 0 Å². The van der Waals surface area contributed by atoms with Crippen LogP contribution in [-0.4, -0.2) is 33.9 Å². The highest BCUT2D eigenvalue weighted by Gasteiger charge is 2.26. The molecule has 2 atom stereocenters. The van der Waals surface area contributed by atoms with Crippen molar-refractivity contribution in [3.63, 3.8) is 0 Å². The highest BCUT2D eigenvalue weighted by Crippen LogP contribution is 2.21. The number of carbonyl (C=O) groups is 3. The van der Waals surface area contributed by atoms with Gasteiger partial charge in [-0.1, -0.05) is 48.9 Å². The topological polar surface area (TPSA) is 83.5 Å². The van der Waals surface area contributed by atoms with Gasteiger partial charge in [-0.15, -0.1) is 0 Å². The van der Waals surface area contributed by atoms with Crippen molar-refractivity contribution in [1.29, 1.82) is 0 Å². The smallest absolute Gasteiger partial charge is 0.326 e. The van der Waals surface area contributed by atoms with Crippen molar-refractivity contribution < 1.29 is 19.5 Å². The summed E-state index contributed by atoms with van der Waals surface area (Å²) in [4.78, 5) is 35.4. The molecule has 1 aliphatic rings. The van der Waals surface area contributed by atoms with Crippen LogP contribution in [-0.2, 0) is 27.2 Å². The summed E-state index contributed by atoms with van der Waals surface area (Å²) in [7, 11) is 0. The molecule has 5 nitrogen and oxygen atoms in total. The fourth-order valence-corrected chi connectivity index (χ4v) is 3.86. The summed E-state index contributed by atoms with van der Waals surface area (Å²) in [5.74, 6) is -1.22. The first-order valence-electron chi connectivity index (χ1n) is 8.70. The zero-order valence-corrected chi connectivity index (χ0v) is 15.3. The number of rotatable bonds is 3. The first-order chi connectivity index (χ1) is 12.0. The maximum Gasteiger partial charge on any atom is 0.326 e. The second-order valence-electron chi connectivity index (χ2n) is 6.47. The van der Waals surface area contributed by atoms with E-state index in [0.29, 0.717) is 12.2 Å². The standard InChI is InChI=1S/C19H25NO4S/c1-13(21)25-12-16-10-4-2-3-7-14-8-5-6-9-15(14)11-17(19(23)24)20-18(16)22/h5-6,8-9,16-17H,2-4,7,10-12H2,1H3,(H,20,22)(H,23,24). The Hall–Kier alpha value is -1.82. The van der Waals surface area contributed by atoms with E-state index in [1.165, 1.54) is 6.92 Å². The van der Waals surface area contributed by atoms with E-state index in [4.69, 9.17) is 0 Å². The van der Waals surface area contributed by atoms with Gasteiger partial charge in [0.1, 0.15) is 6.04 Å². The number of carboxylic acids is 1. The molecule has 136 valence electrons. The Bertz CT molecular complexity index is 632. The van der Waals surface area contributed by atoms with E-state index in [9.17, 15) is 19.5 Å². The highest BCUT2D eigenvalue weighted by molar-refractivity contribution is 8.13. The Morgan fingerprint density at radius 3 is 2.60 bits per heavy atom. The average Bonchev–Trinajstić information content (AvgIpc) is 2.56. The minimum Gasteiger partial charge on any atom is -0.480 e. The molecule has 1 aromatic rings. The van der Waals surface area contributed by atoms with E-state index >= 15 is 0 Å². The number of carbonyl (C=O) groups excluding carboxylic acids is 2. The van der Waals surface area contributed by atoms with Crippen LogP contribution in [0.2, 0.25) is 0 Å². The van der Waals surface area contributed by atoms with Gasteiger partial charge in [0.25, 0.3) is 0 Å². The van der Waals surface area contributed by atoms with Gasteiger partial charge in [0.15, 0.2) is 5.12 Å². The van der Waals surface area contributed by atoms with E-state index < -0.39 is 12.0 Å². The third-order valence-corrected chi connectivity index (χ3v) is 5.49. The van der Waals surface area contributed by atoms with Crippen molar-refractivity contribution >= 4 is 28.8 Å². The van der Waals surface area contributed by atoms with Gasteiger partial charge in [-0.3, -0.25) is 9.59 Å². The third kappa shape index (κ3) is 6.20. The SMILES string of the molecule is CC(=O)SCC1CCCCCc2ccccc2CC(C(=O)O)NC1=O. The summed E-state index contributed by atoms with van der Waals surface area (Å²) in [5, 5.41) is 12.2. The molecular weight excluding hydrogens is 338 g/mol. The predicted octanol–water partition coefficient (Wildman–Crippen LogP) is 2.81. The average molecular weight is 363 g/mol. The van der Waals surface area contributed by atoms with Gasteiger partial charge in [0.2, 0.25) is 5.91 Å². The van der Waals surface area contributed by atoms with Crippen molar-refractivity contribution in [2.24, 2.45) is 5.92 Å². The van der Waals surface area contributed by atoms with Gasteiger partial charge in [-0.2, -0.15) is 0 Å². The van der Waals surface area contributed by atoms with Crippen molar-refractivity contribution in [1.82, 2.24) is 5.32 Å². The number of benzene rings is 1. The normalized spacial score (nSPS) is 22.0. The number of hydrogen-bond donors (Lipinski definition) is 2. The van der Waals surface area contributed by atoms with Crippen LogP contribution in [0.5, 0.6) is 0 Å². The molecule has 1 amide bonds. The maximum absolute atomic E-state index is 12.6. The van der Waals surface area contributed by atoms with Crippen LogP contribution in [0.3, 0.4) is 0 Å².